The second-order valence-electron chi connectivity index (χ2n) is 6.90. The van der Waals surface area contributed by atoms with Gasteiger partial charge in [0.2, 0.25) is 11.8 Å². The predicted molar refractivity (Wildman–Crippen MR) is 86.7 cm³/mol. The highest BCUT2D eigenvalue weighted by Crippen LogP contribution is 2.33. The van der Waals surface area contributed by atoms with Gasteiger partial charge in [-0.25, -0.2) is 0 Å². The molecular formula is C18H21F3N2O2. The van der Waals surface area contributed by atoms with Gasteiger partial charge < -0.3 is 10.6 Å². The van der Waals surface area contributed by atoms with E-state index in [1.54, 1.807) is 0 Å². The molecule has 4 nitrogen and oxygen atoms in total. The van der Waals surface area contributed by atoms with Gasteiger partial charge in [-0.1, -0.05) is 6.07 Å². The Morgan fingerprint density at radius 3 is 2.08 bits per heavy atom. The molecule has 1 aromatic carbocycles. The highest BCUT2D eigenvalue weighted by Gasteiger charge is 2.33. The Morgan fingerprint density at radius 2 is 1.52 bits per heavy atom. The van der Waals surface area contributed by atoms with Gasteiger partial charge in [0.15, 0.2) is 0 Å². The third-order valence-corrected chi connectivity index (χ3v) is 4.85. The zero-order valence-electron chi connectivity index (χ0n) is 13.7. The van der Waals surface area contributed by atoms with Crippen LogP contribution in [0.15, 0.2) is 24.3 Å². The van der Waals surface area contributed by atoms with Crippen LogP contribution in [0.5, 0.6) is 0 Å². The van der Waals surface area contributed by atoms with Crippen LogP contribution in [0.2, 0.25) is 0 Å². The molecule has 25 heavy (non-hydrogen) atoms. The van der Waals surface area contributed by atoms with Gasteiger partial charge >= 0.3 is 6.18 Å². The first-order valence-electron chi connectivity index (χ1n) is 8.61. The Morgan fingerprint density at radius 1 is 0.920 bits per heavy atom. The van der Waals surface area contributed by atoms with Gasteiger partial charge in [-0.2, -0.15) is 13.2 Å². The van der Waals surface area contributed by atoms with Crippen molar-refractivity contribution in [3.05, 3.63) is 29.8 Å². The van der Waals surface area contributed by atoms with Crippen LogP contribution < -0.4 is 10.6 Å². The van der Waals surface area contributed by atoms with Crippen LogP contribution in [-0.4, -0.2) is 17.9 Å². The van der Waals surface area contributed by atoms with E-state index in [1.165, 1.54) is 12.1 Å². The maximum atomic E-state index is 12.7. The van der Waals surface area contributed by atoms with Crippen LogP contribution in [0.3, 0.4) is 0 Å². The zero-order chi connectivity index (χ0) is 18.0. The average Bonchev–Trinajstić information content (AvgIpc) is 3.38. The molecule has 0 aromatic heterocycles. The van der Waals surface area contributed by atoms with E-state index < -0.39 is 11.7 Å². The van der Waals surface area contributed by atoms with Crippen molar-refractivity contribution >= 4 is 17.5 Å². The maximum absolute atomic E-state index is 12.7. The SMILES string of the molecule is O=C(Nc1cccc(C(F)(F)F)c1)C1CCC(C(=O)NC2CC2)CC1. The van der Waals surface area contributed by atoms with E-state index >= 15 is 0 Å². The van der Waals surface area contributed by atoms with E-state index in [1.807, 2.05) is 0 Å². The van der Waals surface area contributed by atoms with Crippen LogP contribution in [0.25, 0.3) is 0 Å². The molecule has 2 aliphatic rings. The van der Waals surface area contributed by atoms with Crippen molar-refractivity contribution in [1.82, 2.24) is 5.32 Å². The van der Waals surface area contributed by atoms with Crippen molar-refractivity contribution in [2.24, 2.45) is 11.8 Å². The van der Waals surface area contributed by atoms with Gasteiger partial charge in [-0.05, 0) is 56.7 Å². The minimum Gasteiger partial charge on any atom is -0.353 e. The Hall–Kier alpha value is -2.05. The lowest BCUT2D eigenvalue weighted by Crippen LogP contribution is -2.36. The summed E-state index contributed by atoms with van der Waals surface area (Å²) in [7, 11) is 0. The van der Waals surface area contributed by atoms with Gasteiger partial charge in [0.05, 0.1) is 5.56 Å². The number of hydrogen-bond acceptors (Lipinski definition) is 2. The number of carbonyl (C=O) groups excluding carboxylic acids is 2. The van der Waals surface area contributed by atoms with Gasteiger partial charge in [-0.15, -0.1) is 0 Å². The van der Waals surface area contributed by atoms with E-state index in [0.717, 1.165) is 25.0 Å². The summed E-state index contributed by atoms with van der Waals surface area (Å²) in [5, 5.41) is 5.55. The smallest absolute Gasteiger partial charge is 0.353 e. The first-order chi connectivity index (χ1) is 11.8. The fourth-order valence-corrected chi connectivity index (χ4v) is 3.18. The summed E-state index contributed by atoms with van der Waals surface area (Å²) in [6.45, 7) is 0. The molecule has 2 amide bonds. The predicted octanol–water partition coefficient (Wildman–Crippen LogP) is 3.73. The molecule has 0 heterocycles. The standard InChI is InChI=1S/C18H21F3N2O2/c19-18(20,21)13-2-1-3-15(10-13)23-17(25)12-6-4-11(5-7-12)16(24)22-14-8-9-14/h1-3,10-12,14H,4-9H2,(H,22,24)(H,23,25). The molecule has 2 N–H and O–H groups in total. The van der Waals surface area contributed by atoms with Gasteiger partial charge in [-0.3, -0.25) is 9.59 Å². The normalized spacial score (nSPS) is 23.8. The van der Waals surface area contributed by atoms with E-state index in [4.69, 9.17) is 0 Å². The Kier molecular flexibility index (Phi) is 5.01. The molecule has 0 radical (unpaired) electrons. The molecular weight excluding hydrogens is 333 g/mol. The quantitative estimate of drug-likeness (QED) is 0.866. The summed E-state index contributed by atoms with van der Waals surface area (Å²) >= 11 is 0. The number of carbonyl (C=O) groups is 2. The zero-order valence-corrected chi connectivity index (χ0v) is 13.7. The lowest BCUT2D eigenvalue weighted by molar-refractivity contribution is -0.137. The maximum Gasteiger partial charge on any atom is 0.416 e. The molecule has 0 aliphatic heterocycles. The second-order valence-corrected chi connectivity index (χ2v) is 6.90. The molecule has 3 rings (SSSR count). The number of hydrogen-bond donors (Lipinski definition) is 2. The number of halogens is 3. The highest BCUT2D eigenvalue weighted by molar-refractivity contribution is 5.92. The third-order valence-electron chi connectivity index (χ3n) is 4.85. The number of alkyl halides is 3. The first kappa shape index (κ1) is 17.8. The number of nitrogens with one attached hydrogen (secondary N) is 2. The van der Waals surface area contributed by atoms with E-state index in [-0.39, 0.29) is 29.3 Å². The summed E-state index contributed by atoms with van der Waals surface area (Å²) in [6, 6.07) is 4.96. The molecule has 2 aliphatic carbocycles. The van der Waals surface area contributed by atoms with Crippen molar-refractivity contribution in [3.63, 3.8) is 0 Å². The topological polar surface area (TPSA) is 58.2 Å². The Labute approximate surface area is 144 Å². The third kappa shape index (κ3) is 4.74. The van der Waals surface area contributed by atoms with Crippen molar-refractivity contribution in [2.75, 3.05) is 5.32 Å². The molecule has 0 unspecified atom stereocenters. The van der Waals surface area contributed by atoms with Crippen molar-refractivity contribution < 1.29 is 22.8 Å². The fraction of sp³-hybridized carbons (Fsp3) is 0.556. The van der Waals surface area contributed by atoms with Crippen molar-refractivity contribution in [2.45, 2.75) is 50.7 Å². The average molecular weight is 354 g/mol. The molecule has 1 aromatic rings. The molecule has 2 saturated carbocycles. The van der Waals surface area contributed by atoms with Gasteiger partial charge in [0, 0.05) is 23.6 Å². The summed E-state index contributed by atoms with van der Waals surface area (Å²) in [5.41, 5.74) is -0.640. The van der Waals surface area contributed by atoms with Crippen LogP contribution in [0.1, 0.15) is 44.1 Å². The number of benzene rings is 1. The molecule has 0 spiro atoms. The van der Waals surface area contributed by atoms with Crippen LogP contribution in [0.4, 0.5) is 18.9 Å². The monoisotopic (exact) mass is 354 g/mol. The number of rotatable bonds is 4. The lowest BCUT2D eigenvalue weighted by Gasteiger charge is -2.27. The molecule has 0 bridgehead atoms. The van der Waals surface area contributed by atoms with Crippen LogP contribution in [-0.2, 0) is 15.8 Å². The van der Waals surface area contributed by atoms with E-state index in [0.29, 0.717) is 31.7 Å². The van der Waals surface area contributed by atoms with E-state index in [9.17, 15) is 22.8 Å². The van der Waals surface area contributed by atoms with Crippen molar-refractivity contribution in [3.8, 4) is 0 Å². The summed E-state index contributed by atoms with van der Waals surface area (Å²) < 4.78 is 38.2. The van der Waals surface area contributed by atoms with E-state index in [2.05, 4.69) is 10.6 Å². The molecule has 2 fully saturated rings. The second kappa shape index (κ2) is 7.06. The molecule has 136 valence electrons. The first-order valence-corrected chi connectivity index (χ1v) is 8.61. The number of amides is 2. The minimum absolute atomic E-state index is 0.0572. The lowest BCUT2D eigenvalue weighted by atomic mass is 9.81. The fourth-order valence-electron chi connectivity index (χ4n) is 3.18. The summed E-state index contributed by atoms with van der Waals surface area (Å²) in [6.07, 6.45) is 0.0776. The Bertz CT molecular complexity index is 648. The van der Waals surface area contributed by atoms with Crippen LogP contribution >= 0.6 is 0 Å². The Balaban J connectivity index is 1.52. The van der Waals surface area contributed by atoms with Crippen molar-refractivity contribution in [1.29, 1.82) is 0 Å². The number of anilines is 1. The molecule has 0 atom stereocenters. The largest absolute Gasteiger partial charge is 0.416 e. The van der Waals surface area contributed by atoms with Gasteiger partial charge in [0.25, 0.3) is 0 Å². The van der Waals surface area contributed by atoms with Crippen LogP contribution in [0, 0.1) is 11.8 Å². The summed E-state index contributed by atoms with van der Waals surface area (Å²) in [4.78, 5) is 24.3. The van der Waals surface area contributed by atoms with Gasteiger partial charge in [0.1, 0.15) is 0 Å². The minimum atomic E-state index is -4.44. The highest BCUT2D eigenvalue weighted by atomic mass is 19.4. The summed E-state index contributed by atoms with van der Waals surface area (Å²) in [5.74, 6) is -0.530. The molecule has 0 saturated heterocycles. The molecule has 7 heteroatoms.